The van der Waals surface area contributed by atoms with E-state index in [-0.39, 0.29) is 12.1 Å². The van der Waals surface area contributed by atoms with Crippen LogP contribution in [0.15, 0.2) is 22.7 Å². The Balaban J connectivity index is 3.02. The molecule has 0 saturated carbocycles. The third kappa shape index (κ3) is 2.75. The predicted octanol–water partition coefficient (Wildman–Crippen LogP) is 2.11. The van der Waals surface area contributed by atoms with Gasteiger partial charge < -0.3 is 15.7 Å². The molecule has 0 spiro atoms. The van der Waals surface area contributed by atoms with Gasteiger partial charge in [-0.15, -0.1) is 0 Å². The summed E-state index contributed by atoms with van der Waals surface area (Å²) in [5.41, 5.74) is 7.47. The van der Waals surface area contributed by atoms with Gasteiger partial charge in [-0.05, 0) is 31.5 Å². The molecule has 3 N–H and O–H groups in total. The SMILES string of the molecule is CN(c1ccc(CN)c(Br)c1)C(C)(C)CO. The molecule has 0 amide bonds. The van der Waals surface area contributed by atoms with Crippen LogP contribution in [-0.2, 0) is 6.54 Å². The molecule has 0 radical (unpaired) electrons. The van der Waals surface area contributed by atoms with Gasteiger partial charge in [0.2, 0.25) is 0 Å². The quantitative estimate of drug-likeness (QED) is 0.891. The highest BCUT2D eigenvalue weighted by Crippen LogP contribution is 2.27. The monoisotopic (exact) mass is 286 g/mol. The smallest absolute Gasteiger partial charge is 0.0658 e. The Kier molecular flexibility index (Phi) is 4.35. The van der Waals surface area contributed by atoms with Crippen LogP contribution < -0.4 is 10.6 Å². The van der Waals surface area contributed by atoms with Gasteiger partial charge in [-0.2, -0.15) is 0 Å². The maximum absolute atomic E-state index is 9.32. The molecule has 90 valence electrons. The zero-order chi connectivity index (χ0) is 12.3. The average molecular weight is 287 g/mol. The largest absolute Gasteiger partial charge is 0.394 e. The Bertz CT molecular complexity index is 366. The van der Waals surface area contributed by atoms with E-state index in [4.69, 9.17) is 5.73 Å². The van der Waals surface area contributed by atoms with Gasteiger partial charge in [-0.25, -0.2) is 0 Å². The van der Waals surface area contributed by atoms with Gasteiger partial charge in [0.25, 0.3) is 0 Å². The summed E-state index contributed by atoms with van der Waals surface area (Å²) in [6.07, 6.45) is 0. The van der Waals surface area contributed by atoms with Gasteiger partial charge in [-0.1, -0.05) is 22.0 Å². The van der Waals surface area contributed by atoms with Gasteiger partial charge in [0.15, 0.2) is 0 Å². The van der Waals surface area contributed by atoms with Crippen LogP contribution in [0.25, 0.3) is 0 Å². The first kappa shape index (κ1) is 13.5. The maximum atomic E-state index is 9.32. The van der Waals surface area contributed by atoms with Crippen molar-refractivity contribution < 1.29 is 5.11 Å². The molecule has 4 heteroatoms. The van der Waals surface area contributed by atoms with Crippen LogP contribution in [0.2, 0.25) is 0 Å². The Morgan fingerprint density at radius 3 is 2.50 bits per heavy atom. The molecule has 0 aromatic heterocycles. The fourth-order valence-corrected chi connectivity index (χ4v) is 1.89. The molecule has 0 atom stereocenters. The summed E-state index contributed by atoms with van der Waals surface area (Å²) in [7, 11) is 1.97. The molecule has 1 aromatic rings. The summed E-state index contributed by atoms with van der Waals surface area (Å²) < 4.78 is 1.01. The lowest BCUT2D eigenvalue weighted by Gasteiger charge is -2.36. The number of nitrogens with two attached hydrogens (primary N) is 1. The van der Waals surface area contributed by atoms with Crippen molar-refractivity contribution in [1.82, 2.24) is 0 Å². The minimum absolute atomic E-state index is 0.111. The molecule has 0 aliphatic carbocycles. The van der Waals surface area contributed by atoms with Crippen molar-refractivity contribution in [2.24, 2.45) is 5.73 Å². The third-order valence-corrected chi connectivity index (χ3v) is 3.68. The van der Waals surface area contributed by atoms with Crippen LogP contribution >= 0.6 is 15.9 Å². The van der Waals surface area contributed by atoms with E-state index in [0.29, 0.717) is 6.54 Å². The van der Waals surface area contributed by atoms with Crippen molar-refractivity contribution in [3.8, 4) is 0 Å². The Labute approximate surface area is 105 Å². The standard InChI is InChI=1S/C12H19BrN2O/c1-12(2,8-16)15(3)10-5-4-9(7-14)11(13)6-10/h4-6,16H,7-8,14H2,1-3H3. The first-order chi connectivity index (χ1) is 7.42. The highest BCUT2D eigenvalue weighted by Gasteiger charge is 2.22. The zero-order valence-electron chi connectivity index (χ0n) is 10.00. The summed E-state index contributed by atoms with van der Waals surface area (Å²) in [6, 6.07) is 6.05. The number of aliphatic hydroxyl groups excluding tert-OH is 1. The first-order valence-corrected chi connectivity index (χ1v) is 6.05. The van der Waals surface area contributed by atoms with Gasteiger partial charge in [0.1, 0.15) is 0 Å². The summed E-state index contributed by atoms with van der Waals surface area (Å²) in [5.74, 6) is 0. The van der Waals surface area contributed by atoms with Crippen LogP contribution in [0.3, 0.4) is 0 Å². The first-order valence-electron chi connectivity index (χ1n) is 5.25. The molecule has 0 unspecified atom stereocenters. The number of hydrogen-bond acceptors (Lipinski definition) is 3. The number of halogens is 1. The molecule has 0 aliphatic rings. The minimum Gasteiger partial charge on any atom is -0.394 e. The van der Waals surface area contributed by atoms with Gasteiger partial charge in [-0.3, -0.25) is 0 Å². The van der Waals surface area contributed by atoms with Gasteiger partial charge >= 0.3 is 0 Å². The molecule has 16 heavy (non-hydrogen) atoms. The van der Waals surface area contributed by atoms with Crippen molar-refractivity contribution in [3.05, 3.63) is 28.2 Å². The Morgan fingerprint density at radius 2 is 2.06 bits per heavy atom. The number of hydrogen-bond donors (Lipinski definition) is 2. The second kappa shape index (κ2) is 5.17. The molecule has 0 bridgehead atoms. The number of benzene rings is 1. The lowest BCUT2D eigenvalue weighted by molar-refractivity contribution is 0.216. The average Bonchev–Trinajstić information content (AvgIpc) is 2.27. The lowest BCUT2D eigenvalue weighted by atomic mass is 10.0. The predicted molar refractivity (Wildman–Crippen MR) is 71.6 cm³/mol. The maximum Gasteiger partial charge on any atom is 0.0658 e. The molecular formula is C12H19BrN2O. The van der Waals surface area contributed by atoms with Crippen LogP contribution in [0.5, 0.6) is 0 Å². The van der Waals surface area contributed by atoms with Crippen molar-refractivity contribution in [3.63, 3.8) is 0 Å². The minimum atomic E-state index is -0.274. The third-order valence-electron chi connectivity index (χ3n) is 2.94. The molecular weight excluding hydrogens is 268 g/mol. The number of anilines is 1. The second-order valence-corrected chi connectivity index (χ2v) is 5.36. The van der Waals surface area contributed by atoms with Gasteiger partial charge in [0.05, 0.1) is 12.1 Å². The normalized spacial score (nSPS) is 11.6. The molecule has 1 rings (SSSR count). The molecule has 0 aliphatic heterocycles. The highest BCUT2D eigenvalue weighted by molar-refractivity contribution is 9.10. The second-order valence-electron chi connectivity index (χ2n) is 4.51. The van der Waals surface area contributed by atoms with Crippen molar-refractivity contribution in [1.29, 1.82) is 0 Å². The summed E-state index contributed by atoms with van der Waals surface area (Å²) in [6.45, 7) is 4.63. The number of rotatable bonds is 4. The van der Waals surface area contributed by atoms with E-state index < -0.39 is 0 Å². The van der Waals surface area contributed by atoms with Crippen LogP contribution in [0.1, 0.15) is 19.4 Å². The van der Waals surface area contributed by atoms with Crippen molar-refractivity contribution >= 4 is 21.6 Å². The molecule has 1 aromatic carbocycles. The van der Waals surface area contributed by atoms with E-state index in [2.05, 4.69) is 20.8 Å². The summed E-state index contributed by atoms with van der Waals surface area (Å²) in [5, 5.41) is 9.32. The number of nitrogens with zero attached hydrogens (tertiary/aromatic N) is 1. The lowest BCUT2D eigenvalue weighted by Crippen LogP contribution is -2.44. The van der Waals surface area contributed by atoms with E-state index in [1.54, 1.807) is 0 Å². The van der Waals surface area contributed by atoms with Crippen LogP contribution in [-0.4, -0.2) is 24.3 Å². The van der Waals surface area contributed by atoms with Crippen LogP contribution in [0.4, 0.5) is 5.69 Å². The fourth-order valence-electron chi connectivity index (χ4n) is 1.37. The summed E-state index contributed by atoms with van der Waals surface area (Å²) >= 11 is 3.50. The fraction of sp³-hybridized carbons (Fsp3) is 0.500. The van der Waals surface area contributed by atoms with E-state index in [0.717, 1.165) is 15.7 Å². The van der Waals surface area contributed by atoms with Crippen molar-refractivity contribution in [2.45, 2.75) is 25.9 Å². The van der Waals surface area contributed by atoms with E-state index in [9.17, 15) is 5.11 Å². The van der Waals surface area contributed by atoms with Gasteiger partial charge in [0, 0.05) is 23.8 Å². The molecule has 0 saturated heterocycles. The molecule has 0 heterocycles. The van der Waals surface area contributed by atoms with Crippen molar-refractivity contribution in [2.75, 3.05) is 18.6 Å². The number of likely N-dealkylation sites (N-methyl/N-ethyl adjacent to an activating group) is 1. The molecule has 3 nitrogen and oxygen atoms in total. The Morgan fingerprint density at radius 1 is 1.44 bits per heavy atom. The zero-order valence-corrected chi connectivity index (χ0v) is 11.6. The summed E-state index contributed by atoms with van der Waals surface area (Å²) in [4.78, 5) is 2.05. The highest BCUT2D eigenvalue weighted by atomic mass is 79.9. The topological polar surface area (TPSA) is 49.5 Å². The van der Waals surface area contributed by atoms with E-state index in [1.165, 1.54) is 0 Å². The van der Waals surface area contributed by atoms with Crippen LogP contribution in [0, 0.1) is 0 Å². The number of aliphatic hydroxyl groups is 1. The van der Waals surface area contributed by atoms with E-state index >= 15 is 0 Å². The Hall–Kier alpha value is -0.580. The van der Waals surface area contributed by atoms with E-state index in [1.807, 2.05) is 39.1 Å². The molecule has 0 fully saturated rings.